The van der Waals surface area contributed by atoms with Crippen LogP contribution in [0.2, 0.25) is 0 Å². The predicted molar refractivity (Wildman–Crippen MR) is 131 cm³/mol. The van der Waals surface area contributed by atoms with Crippen molar-refractivity contribution in [3.05, 3.63) is 59.7 Å². The van der Waals surface area contributed by atoms with Crippen molar-refractivity contribution in [1.29, 1.82) is 0 Å². The number of ether oxygens (including phenoxy) is 1. The van der Waals surface area contributed by atoms with Crippen molar-refractivity contribution in [1.82, 2.24) is 10.2 Å². The van der Waals surface area contributed by atoms with Gasteiger partial charge < -0.3 is 20.1 Å². The number of benzene rings is 2. The van der Waals surface area contributed by atoms with Crippen LogP contribution in [-0.2, 0) is 14.3 Å². The van der Waals surface area contributed by atoms with Gasteiger partial charge in [-0.15, -0.1) is 0 Å². The van der Waals surface area contributed by atoms with Crippen LogP contribution in [0.1, 0.15) is 43.2 Å². The van der Waals surface area contributed by atoms with Crippen LogP contribution in [0.15, 0.2) is 48.5 Å². The molecule has 7 heteroatoms. The molecule has 184 valence electrons. The Labute approximate surface area is 205 Å². The summed E-state index contributed by atoms with van der Waals surface area (Å²) in [7, 11) is 0. The van der Waals surface area contributed by atoms with Gasteiger partial charge in [0, 0.05) is 32.0 Å². The van der Waals surface area contributed by atoms with Gasteiger partial charge in [0.2, 0.25) is 5.91 Å². The molecule has 5 rings (SSSR count). The van der Waals surface area contributed by atoms with E-state index in [1.165, 1.54) is 22.3 Å². The fourth-order valence-electron chi connectivity index (χ4n) is 5.87. The lowest BCUT2D eigenvalue weighted by molar-refractivity contribution is -0.139. The Bertz CT molecular complexity index is 1090. The molecular weight excluding hydrogens is 444 g/mol. The molecule has 2 amide bonds. The van der Waals surface area contributed by atoms with E-state index < -0.39 is 12.1 Å². The van der Waals surface area contributed by atoms with E-state index in [9.17, 15) is 19.5 Å². The van der Waals surface area contributed by atoms with Crippen molar-refractivity contribution in [2.24, 2.45) is 23.7 Å². The molecule has 0 bridgehead atoms. The molecule has 1 heterocycles. The second-order valence-corrected chi connectivity index (χ2v) is 10.2. The van der Waals surface area contributed by atoms with Crippen molar-refractivity contribution >= 4 is 18.0 Å². The number of piperidine rings is 1. The Balaban J connectivity index is 1.04. The standard InChI is InChI=1S/C28H32N2O5/c1-17(10-11-25(31)30-13-12-22-23(15-30)26(22)27(32)33)14-29-28(34)35-16-24-20-8-4-2-6-18(20)19-7-3-5-9-21(19)24/h2-9,17,22-24,26H,10-16H2,1H3,(H,29,34)(H,32,33). The topological polar surface area (TPSA) is 95.9 Å². The van der Waals surface area contributed by atoms with Crippen LogP contribution >= 0.6 is 0 Å². The van der Waals surface area contributed by atoms with Crippen molar-refractivity contribution in [2.75, 3.05) is 26.2 Å². The molecule has 0 spiro atoms. The second kappa shape index (κ2) is 9.72. The minimum atomic E-state index is -0.734. The molecule has 2 fully saturated rings. The van der Waals surface area contributed by atoms with Crippen molar-refractivity contribution < 1.29 is 24.2 Å². The Morgan fingerprint density at radius 3 is 2.37 bits per heavy atom. The summed E-state index contributed by atoms with van der Waals surface area (Å²) in [4.78, 5) is 38.0. The smallest absolute Gasteiger partial charge is 0.407 e. The summed E-state index contributed by atoms with van der Waals surface area (Å²) in [5.41, 5.74) is 4.75. The average molecular weight is 477 g/mol. The van der Waals surface area contributed by atoms with Crippen LogP contribution in [0.5, 0.6) is 0 Å². The number of carbonyl (C=O) groups is 3. The van der Waals surface area contributed by atoms with E-state index in [2.05, 4.69) is 29.6 Å². The maximum absolute atomic E-state index is 12.6. The fraction of sp³-hybridized carbons (Fsp3) is 0.464. The van der Waals surface area contributed by atoms with Gasteiger partial charge in [-0.25, -0.2) is 4.79 Å². The van der Waals surface area contributed by atoms with Gasteiger partial charge in [-0.05, 0) is 52.8 Å². The molecule has 1 saturated carbocycles. The lowest BCUT2D eigenvalue weighted by atomic mass is 9.98. The number of carboxylic acid groups (broad SMARTS) is 1. The molecule has 3 aliphatic rings. The van der Waals surface area contributed by atoms with E-state index in [4.69, 9.17) is 4.74 Å². The van der Waals surface area contributed by atoms with Gasteiger partial charge in [-0.3, -0.25) is 9.59 Å². The zero-order chi connectivity index (χ0) is 24.5. The van der Waals surface area contributed by atoms with Crippen LogP contribution in [0, 0.1) is 23.7 Å². The van der Waals surface area contributed by atoms with Crippen LogP contribution in [0.4, 0.5) is 4.79 Å². The molecule has 2 N–H and O–H groups in total. The third-order valence-electron chi connectivity index (χ3n) is 7.92. The second-order valence-electron chi connectivity index (χ2n) is 10.2. The SMILES string of the molecule is CC(CCC(=O)N1CCC2C(C1)C2C(=O)O)CNC(=O)OCC1c2ccccc2-c2ccccc21. The molecule has 2 aliphatic carbocycles. The molecule has 1 aliphatic heterocycles. The zero-order valence-electron chi connectivity index (χ0n) is 20.0. The highest BCUT2D eigenvalue weighted by Crippen LogP contribution is 2.51. The Kier molecular flexibility index (Phi) is 6.50. The van der Waals surface area contributed by atoms with Crippen molar-refractivity contribution in [3.8, 4) is 11.1 Å². The number of carboxylic acids is 1. The molecule has 4 atom stereocenters. The molecule has 0 radical (unpaired) electrons. The first-order valence-electron chi connectivity index (χ1n) is 12.5. The molecule has 35 heavy (non-hydrogen) atoms. The molecule has 7 nitrogen and oxygen atoms in total. The van der Waals surface area contributed by atoms with Crippen LogP contribution in [0.25, 0.3) is 11.1 Å². The van der Waals surface area contributed by atoms with E-state index in [1.54, 1.807) is 0 Å². The minimum absolute atomic E-state index is 0.0273. The Hall–Kier alpha value is -3.35. The molecule has 0 aromatic heterocycles. The molecule has 1 saturated heterocycles. The summed E-state index contributed by atoms with van der Waals surface area (Å²) in [5, 5.41) is 12.1. The highest BCUT2D eigenvalue weighted by atomic mass is 16.5. The van der Waals surface area contributed by atoms with E-state index in [-0.39, 0.29) is 42.1 Å². The molecule has 4 unspecified atom stereocenters. The number of alkyl carbamates (subject to hydrolysis) is 1. The number of hydrogen-bond acceptors (Lipinski definition) is 4. The van der Waals surface area contributed by atoms with Crippen LogP contribution < -0.4 is 5.32 Å². The molecule has 2 aromatic carbocycles. The maximum atomic E-state index is 12.6. The van der Waals surface area contributed by atoms with Crippen LogP contribution in [0.3, 0.4) is 0 Å². The van der Waals surface area contributed by atoms with Crippen molar-refractivity contribution in [2.45, 2.75) is 32.1 Å². The van der Waals surface area contributed by atoms with Gasteiger partial charge in [0.25, 0.3) is 0 Å². The largest absolute Gasteiger partial charge is 0.481 e. The lowest BCUT2D eigenvalue weighted by Crippen LogP contribution is -2.37. The highest BCUT2D eigenvalue weighted by Gasteiger charge is 2.57. The van der Waals surface area contributed by atoms with Gasteiger partial charge in [-0.1, -0.05) is 55.5 Å². The van der Waals surface area contributed by atoms with Gasteiger partial charge in [-0.2, -0.15) is 0 Å². The number of aliphatic carboxylic acids is 1. The number of amides is 2. The zero-order valence-corrected chi connectivity index (χ0v) is 20.0. The van der Waals surface area contributed by atoms with Crippen molar-refractivity contribution in [3.63, 3.8) is 0 Å². The number of nitrogens with one attached hydrogen (secondary N) is 1. The fourth-order valence-corrected chi connectivity index (χ4v) is 5.87. The number of hydrogen-bond donors (Lipinski definition) is 2. The summed E-state index contributed by atoms with van der Waals surface area (Å²) in [6.45, 7) is 3.94. The normalized spacial score (nSPS) is 23.0. The minimum Gasteiger partial charge on any atom is -0.481 e. The third kappa shape index (κ3) is 4.77. The Morgan fingerprint density at radius 1 is 1.06 bits per heavy atom. The van der Waals surface area contributed by atoms with Crippen LogP contribution in [-0.4, -0.2) is 54.2 Å². The van der Waals surface area contributed by atoms with Gasteiger partial charge in [0.05, 0.1) is 5.92 Å². The Morgan fingerprint density at radius 2 is 1.71 bits per heavy atom. The first-order chi connectivity index (χ1) is 16.9. The number of likely N-dealkylation sites (tertiary alicyclic amines) is 1. The average Bonchev–Trinajstić information content (AvgIpc) is 3.52. The highest BCUT2D eigenvalue weighted by molar-refractivity contribution is 5.79. The maximum Gasteiger partial charge on any atom is 0.407 e. The summed E-state index contributed by atoms with van der Waals surface area (Å²) < 4.78 is 5.58. The summed E-state index contributed by atoms with van der Waals surface area (Å²) >= 11 is 0. The molecule has 2 aromatic rings. The van der Waals surface area contributed by atoms with E-state index >= 15 is 0 Å². The van der Waals surface area contributed by atoms with Gasteiger partial charge >= 0.3 is 12.1 Å². The number of rotatable bonds is 8. The summed E-state index contributed by atoms with van der Waals surface area (Å²) in [6.07, 6.45) is 1.41. The molecular formula is C28H32N2O5. The number of nitrogens with zero attached hydrogens (tertiary/aromatic N) is 1. The quantitative estimate of drug-likeness (QED) is 0.598. The van der Waals surface area contributed by atoms with E-state index in [1.807, 2.05) is 36.1 Å². The van der Waals surface area contributed by atoms with E-state index in [0.29, 0.717) is 32.5 Å². The number of fused-ring (bicyclic) bond motifs is 4. The first-order valence-corrected chi connectivity index (χ1v) is 12.5. The lowest BCUT2D eigenvalue weighted by Gasteiger charge is -2.26. The number of carbonyl (C=O) groups excluding carboxylic acids is 2. The monoisotopic (exact) mass is 476 g/mol. The first kappa shape index (κ1) is 23.4. The van der Waals surface area contributed by atoms with Gasteiger partial charge in [0.15, 0.2) is 0 Å². The predicted octanol–water partition coefficient (Wildman–Crippen LogP) is 4.12. The van der Waals surface area contributed by atoms with Gasteiger partial charge in [0.1, 0.15) is 6.61 Å². The summed E-state index contributed by atoms with van der Waals surface area (Å²) in [5.74, 6) is -0.401. The van der Waals surface area contributed by atoms with E-state index in [0.717, 1.165) is 6.42 Å². The third-order valence-corrected chi connectivity index (χ3v) is 7.92. The summed E-state index contributed by atoms with van der Waals surface area (Å²) in [6, 6.07) is 16.5.